The molecular weight excluding hydrogens is 592 g/mol. The number of likely N-dealkylation sites (tertiary alicyclic amines) is 1. The number of hydrogen-bond donors (Lipinski definition) is 0. The van der Waals surface area contributed by atoms with Crippen molar-refractivity contribution in [1.82, 2.24) is 24.1 Å². The maximum atomic E-state index is 15.1. The molecule has 3 aromatic rings. The lowest BCUT2D eigenvalue weighted by Gasteiger charge is -2.33. The SMILES string of the molecule is CC.Cc1ccc(-c2c(-c3ccncn3)c(C3CCN(C(=O)OC(C)(C)C)CC3)nn2SI)c(F)c1. The topological polar surface area (TPSA) is 73.1 Å². The molecule has 0 unspecified atom stereocenters. The predicted octanol–water partition coefficient (Wildman–Crippen LogP) is 7.44. The number of hydrogen-bond acceptors (Lipinski definition) is 6. The molecule has 1 fully saturated rings. The summed E-state index contributed by atoms with van der Waals surface area (Å²) in [6, 6.07) is 7.06. The van der Waals surface area contributed by atoms with E-state index in [1.165, 1.54) is 21.5 Å². The Labute approximate surface area is 229 Å². The van der Waals surface area contributed by atoms with E-state index in [0.29, 0.717) is 30.0 Å². The zero-order chi connectivity index (χ0) is 26.5. The summed E-state index contributed by atoms with van der Waals surface area (Å²) in [7, 11) is 1.39. The number of piperidine rings is 1. The van der Waals surface area contributed by atoms with Crippen LogP contribution in [0.2, 0.25) is 0 Å². The van der Waals surface area contributed by atoms with Crippen molar-refractivity contribution in [2.24, 2.45) is 0 Å². The van der Waals surface area contributed by atoms with Gasteiger partial charge in [-0.1, -0.05) is 19.9 Å². The quantitative estimate of drug-likeness (QED) is 0.281. The Bertz CT molecular complexity index is 1180. The zero-order valence-corrected chi connectivity index (χ0v) is 24.6. The predicted molar refractivity (Wildman–Crippen MR) is 152 cm³/mol. The van der Waals surface area contributed by atoms with Crippen LogP contribution in [0.1, 0.15) is 64.6 Å². The van der Waals surface area contributed by atoms with Gasteiger partial charge >= 0.3 is 6.09 Å². The number of halogens is 2. The summed E-state index contributed by atoms with van der Waals surface area (Å²) in [6.07, 6.45) is 4.35. The van der Waals surface area contributed by atoms with Gasteiger partial charge in [0.25, 0.3) is 0 Å². The maximum absolute atomic E-state index is 15.1. The van der Waals surface area contributed by atoms with Gasteiger partial charge in [0.2, 0.25) is 0 Å². The number of carbonyl (C=O) groups is 1. The number of aryl methyl sites for hydroxylation is 1. The average Bonchev–Trinajstić information content (AvgIpc) is 3.24. The standard InChI is InChI=1S/C24H27FIN5O2S.C2H6/c1-15-5-6-17(18(25)13-15)22-20(19-7-10-27-14-28-19)21(29-31(22)34-26)16-8-11-30(12-9-16)23(32)33-24(2,3)4;1-2/h5-7,10,13-14,16H,8-9,11-12H2,1-4H3;1-2H3. The van der Waals surface area contributed by atoms with Crippen molar-refractivity contribution in [2.75, 3.05) is 13.1 Å². The summed E-state index contributed by atoms with van der Waals surface area (Å²) in [5.41, 5.74) is 3.86. The fourth-order valence-corrected chi connectivity index (χ4v) is 5.39. The number of rotatable bonds is 4. The highest BCUT2D eigenvalue weighted by molar-refractivity contribution is 14.2. The number of benzene rings is 1. The Morgan fingerprint density at radius 2 is 1.89 bits per heavy atom. The molecule has 0 radical (unpaired) electrons. The van der Waals surface area contributed by atoms with Crippen molar-refractivity contribution in [2.45, 2.75) is 65.9 Å². The number of nitrogens with zero attached hydrogens (tertiary/aromatic N) is 5. The Morgan fingerprint density at radius 1 is 1.19 bits per heavy atom. The minimum atomic E-state index is -0.530. The van der Waals surface area contributed by atoms with Crippen LogP contribution in [-0.2, 0) is 4.74 Å². The molecule has 1 aromatic carbocycles. The molecule has 0 bridgehead atoms. The van der Waals surface area contributed by atoms with Gasteiger partial charge in [0, 0.05) is 61.1 Å². The van der Waals surface area contributed by atoms with Crippen molar-refractivity contribution < 1.29 is 13.9 Å². The highest BCUT2D eigenvalue weighted by Crippen LogP contribution is 2.43. The lowest BCUT2D eigenvalue weighted by molar-refractivity contribution is 0.0204. The van der Waals surface area contributed by atoms with Crippen molar-refractivity contribution in [3.63, 3.8) is 0 Å². The molecule has 36 heavy (non-hydrogen) atoms. The molecule has 1 aliphatic rings. The van der Waals surface area contributed by atoms with Gasteiger partial charge in [-0.2, -0.15) is 9.19 Å². The molecule has 1 saturated heterocycles. The average molecular weight is 626 g/mol. The highest BCUT2D eigenvalue weighted by atomic mass is 127. The van der Waals surface area contributed by atoms with Crippen molar-refractivity contribution in [1.29, 1.82) is 0 Å². The summed E-state index contributed by atoms with van der Waals surface area (Å²) in [5.74, 6) is -0.200. The number of carbonyl (C=O) groups excluding carboxylic acids is 1. The van der Waals surface area contributed by atoms with E-state index in [1.54, 1.807) is 21.3 Å². The van der Waals surface area contributed by atoms with Gasteiger partial charge < -0.3 is 9.64 Å². The molecule has 2 aromatic heterocycles. The molecule has 194 valence electrons. The third-order valence-corrected chi connectivity index (χ3v) is 7.21. The second kappa shape index (κ2) is 12.4. The summed E-state index contributed by atoms with van der Waals surface area (Å²) >= 11 is 2.16. The van der Waals surface area contributed by atoms with Crippen molar-refractivity contribution in [3.05, 3.63) is 53.9 Å². The van der Waals surface area contributed by atoms with E-state index in [9.17, 15) is 4.79 Å². The van der Waals surface area contributed by atoms with E-state index >= 15 is 4.39 Å². The number of ether oxygens (including phenoxy) is 1. The van der Waals surface area contributed by atoms with Crippen LogP contribution in [0.15, 0.2) is 36.8 Å². The summed E-state index contributed by atoms with van der Waals surface area (Å²) in [4.78, 5) is 22.8. The van der Waals surface area contributed by atoms with Crippen LogP contribution in [0.25, 0.3) is 22.5 Å². The van der Waals surface area contributed by atoms with Crippen LogP contribution in [0.5, 0.6) is 0 Å². The van der Waals surface area contributed by atoms with E-state index in [0.717, 1.165) is 29.7 Å². The minimum Gasteiger partial charge on any atom is -0.444 e. The molecule has 0 saturated carbocycles. The van der Waals surface area contributed by atoms with Gasteiger partial charge in [-0.05, 0) is 64.3 Å². The smallest absolute Gasteiger partial charge is 0.410 e. The van der Waals surface area contributed by atoms with Gasteiger partial charge in [-0.25, -0.2) is 19.2 Å². The van der Waals surface area contributed by atoms with Crippen LogP contribution in [0.3, 0.4) is 0 Å². The molecular formula is C26H33FIN5O2S. The third kappa shape index (κ3) is 6.56. The first kappa shape index (κ1) is 28.4. The molecule has 4 rings (SSSR count). The normalized spacial score (nSPS) is 14.3. The molecule has 1 amide bonds. The molecule has 0 aliphatic carbocycles. The zero-order valence-electron chi connectivity index (χ0n) is 21.6. The first-order valence-electron chi connectivity index (χ1n) is 12.1. The lowest BCUT2D eigenvalue weighted by atomic mass is 9.89. The second-order valence-electron chi connectivity index (χ2n) is 9.37. The minimum absolute atomic E-state index is 0.0979. The van der Waals surface area contributed by atoms with Crippen molar-refractivity contribution >= 4 is 36.4 Å². The molecule has 10 heteroatoms. The van der Waals surface area contributed by atoms with E-state index in [1.807, 2.05) is 53.7 Å². The molecule has 0 N–H and O–H groups in total. The largest absolute Gasteiger partial charge is 0.444 e. The first-order valence-corrected chi connectivity index (χ1v) is 15.4. The monoisotopic (exact) mass is 625 g/mol. The van der Waals surface area contributed by atoms with E-state index in [4.69, 9.17) is 9.84 Å². The van der Waals surface area contributed by atoms with Crippen molar-refractivity contribution in [3.8, 4) is 22.5 Å². The van der Waals surface area contributed by atoms with Gasteiger partial charge in [0.05, 0.1) is 22.6 Å². The molecule has 0 atom stereocenters. The van der Waals surface area contributed by atoms with E-state index in [-0.39, 0.29) is 17.8 Å². The van der Waals surface area contributed by atoms with Crippen LogP contribution in [-0.4, -0.2) is 48.8 Å². The van der Waals surface area contributed by atoms with Crippen LogP contribution in [0.4, 0.5) is 9.18 Å². The molecule has 0 spiro atoms. The van der Waals surface area contributed by atoms with Gasteiger partial charge in [-0.3, -0.25) is 0 Å². The van der Waals surface area contributed by atoms with E-state index < -0.39 is 5.60 Å². The summed E-state index contributed by atoms with van der Waals surface area (Å²) in [5, 5.41) is 4.91. The Balaban J connectivity index is 0.00000176. The fourth-order valence-electron chi connectivity index (χ4n) is 4.15. The second-order valence-corrected chi connectivity index (χ2v) is 11.0. The fraction of sp³-hybridized carbons (Fsp3) is 0.462. The van der Waals surface area contributed by atoms with Gasteiger partial charge in [0.1, 0.15) is 17.7 Å². The molecule has 1 aliphatic heterocycles. The highest BCUT2D eigenvalue weighted by Gasteiger charge is 2.33. The number of aromatic nitrogens is 4. The van der Waals surface area contributed by atoms with Crippen LogP contribution < -0.4 is 0 Å². The summed E-state index contributed by atoms with van der Waals surface area (Å²) < 4.78 is 22.4. The van der Waals surface area contributed by atoms with Crippen LogP contribution >= 0.6 is 30.3 Å². The first-order chi connectivity index (χ1) is 17.2. The number of amides is 1. The molecule has 7 nitrogen and oxygen atoms in total. The van der Waals surface area contributed by atoms with Gasteiger partial charge in [0.15, 0.2) is 0 Å². The molecule has 3 heterocycles. The maximum Gasteiger partial charge on any atom is 0.410 e. The van der Waals surface area contributed by atoms with E-state index in [2.05, 4.69) is 31.2 Å². The Morgan fingerprint density at radius 3 is 2.44 bits per heavy atom. The third-order valence-electron chi connectivity index (χ3n) is 5.70. The Hall–Kier alpha value is -2.21. The summed E-state index contributed by atoms with van der Waals surface area (Å²) in [6.45, 7) is 12.6. The van der Waals surface area contributed by atoms with Crippen LogP contribution in [0, 0.1) is 12.7 Å². The Kier molecular flexibility index (Phi) is 9.73. The lowest BCUT2D eigenvalue weighted by Crippen LogP contribution is -2.41. The van der Waals surface area contributed by atoms with Gasteiger partial charge in [-0.15, -0.1) is 0 Å².